The number of amides is 1. The summed E-state index contributed by atoms with van der Waals surface area (Å²) >= 11 is 1.55. The molecule has 0 aromatic carbocycles. The van der Waals surface area contributed by atoms with Crippen LogP contribution in [0.3, 0.4) is 0 Å². The van der Waals surface area contributed by atoms with Gasteiger partial charge >= 0.3 is 0 Å². The maximum absolute atomic E-state index is 12.2. The Bertz CT molecular complexity index is 611. The fourth-order valence-corrected chi connectivity index (χ4v) is 2.64. The molecule has 0 aliphatic heterocycles. The summed E-state index contributed by atoms with van der Waals surface area (Å²) < 4.78 is 0. The van der Waals surface area contributed by atoms with Gasteiger partial charge in [0.25, 0.3) is 5.91 Å². The molecule has 2 N–H and O–H groups in total. The highest BCUT2D eigenvalue weighted by Crippen LogP contribution is 2.18. The Kier molecular flexibility index (Phi) is 5.27. The van der Waals surface area contributed by atoms with Crippen LogP contribution in [0.25, 0.3) is 0 Å². The second-order valence-electron chi connectivity index (χ2n) is 4.88. The van der Waals surface area contributed by atoms with Crippen LogP contribution in [0.5, 0.6) is 0 Å². The third kappa shape index (κ3) is 4.26. The average molecular weight is 304 g/mol. The first-order chi connectivity index (χ1) is 10.1. The molecular weight excluding hydrogens is 284 g/mol. The van der Waals surface area contributed by atoms with Gasteiger partial charge in [0.2, 0.25) is 0 Å². The van der Waals surface area contributed by atoms with Gasteiger partial charge in [-0.1, -0.05) is 6.92 Å². The van der Waals surface area contributed by atoms with Crippen molar-refractivity contribution < 1.29 is 4.79 Å². The molecule has 2 aromatic heterocycles. The number of nitrogens with one attached hydrogen (secondary N) is 2. The average Bonchev–Trinajstić information content (AvgIpc) is 2.92. The Balaban J connectivity index is 2.02. The SMILES string of the molecule is CCCNc1ccnc(C(=O)NC(C)c2nc(C)cs2)c1. The molecule has 5 nitrogen and oxygen atoms in total. The molecule has 6 heteroatoms. The van der Waals surface area contributed by atoms with Crippen LogP contribution in [0.2, 0.25) is 0 Å². The fourth-order valence-electron chi connectivity index (χ4n) is 1.84. The molecule has 0 spiro atoms. The van der Waals surface area contributed by atoms with Gasteiger partial charge in [0.05, 0.1) is 6.04 Å². The van der Waals surface area contributed by atoms with Crippen molar-refractivity contribution in [2.75, 3.05) is 11.9 Å². The van der Waals surface area contributed by atoms with Gasteiger partial charge in [-0.25, -0.2) is 4.98 Å². The van der Waals surface area contributed by atoms with Crippen LogP contribution in [0.1, 0.15) is 47.5 Å². The zero-order valence-corrected chi connectivity index (χ0v) is 13.3. The Morgan fingerprint density at radius 2 is 2.29 bits per heavy atom. The maximum Gasteiger partial charge on any atom is 0.270 e. The lowest BCUT2D eigenvalue weighted by molar-refractivity contribution is 0.0935. The van der Waals surface area contributed by atoms with Crippen LogP contribution in [-0.2, 0) is 0 Å². The highest BCUT2D eigenvalue weighted by molar-refractivity contribution is 7.09. The first-order valence-corrected chi connectivity index (χ1v) is 7.91. The third-order valence-corrected chi connectivity index (χ3v) is 4.07. The third-order valence-electron chi connectivity index (χ3n) is 2.93. The molecule has 1 atom stereocenters. The summed E-state index contributed by atoms with van der Waals surface area (Å²) in [7, 11) is 0. The van der Waals surface area contributed by atoms with Crippen LogP contribution < -0.4 is 10.6 Å². The smallest absolute Gasteiger partial charge is 0.270 e. The minimum absolute atomic E-state index is 0.120. The van der Waals surface area contributed by atoms with Crippen LogP contribution in [0, 0.1) is 6.92 Å². The van der Waals surface area contributed by atoms with Crippen LogP contribution >= 0.6 is 11.3 Å². The second kappa shape index (κ2) is 7.17. The molecular formula is C15H20N4OS. The van der Waals surface area contributed by atoms with Gasteiger partial charge in [0.15, 0.2) is 0 Å². The summed E-state index contributed by atoms with van der Waals surface area (Å²) in [6.07, 6.45) is 2.68. The maximum atomic E-state index is 12.2. The van der Waals surface area contributed by atoms with Gasteiger partial charge in [-0.2, -0.15) is 0 Å². The van der Waals surface area contributed by atoms with Gasteiger partial charge in [-0.15, -0.1) is 11.3 Å². The van der Waals surface area contributed by atoms with Crippen LogP contribution in [0.15, 0.2) is 23.7 Å². The second-order valence-corrected chi connectivity index (χ2v) is 5.77. The summed E-state index contributed by atoms with van der Waals surface area (Å²) in [5.74, 6) is -0.185. The fraction of sp³-hybridized carbons (Fsp3) is 0.400. The highest BCUT2D eigenvalue weighted by atomic mass is 32.1. The lowest BCUT2D eigenvalue weighted by atomic mass is 10.2. The van der Waals surface area contributed by atoms with E-state index in [4.69, 9.17) is 0 Å². The van der Waals surface area contributed by atoms with Gasteiger partial charge in [0.1, 0.15) is 10.7 Å². The van der Waals surface area contributed by atoms with E-state index in [1.807, 2.05) is 25.3 Å². The molecule has 0 saturated carbocycles. The molecule has 2 rings (SSSR count). The molecule has 1 unspecified atom stereocenters. The van der Waals surface area contributed by atoms with Gasteiger partial charge < -0.3 is 10.6 Å². The van der Waals surface area contributed by atoms with Crippen LogP contribution in [-0.4, -0.2) is 22.4 Å². The molecule has 0 radical (unpaired) electrons. The number of carbonyl (C=O) groups excluding carboxylic acids is 1. The van der Waals surface area contributed by atoms with Crippen molar-refractivity contribution in [2.24, 2.45) is 0 Å². The van der Waals surface area contributed by atoms with E-state index in [9.17, 15) is 4.79 Å². The molecule has 0 bridgehead atoms. The molecule has 0 aliphatic carbocycles. The van der Waals surface area contributed by atoms with E-state index < -0.39 is 0 Å². The Labute approximate surface area is 128 Å². The molecule has 2 aromatic rings. The van der Waals surface area contributed by atoms with Crippen LogP contribution in [0.4, 0.5) is 5.69 Å². The number of rotatable bonds is 6. The zero-order valence-electron chi connectivity index (χ0n) is 12.5. The summed E-state index contributed by atoms with van der Waals surface area (Å²) in [5, 5.41) is 9.06. The van der Waals surface area contributed by atoms with Gasteiger partial charge in [-0.3, -0.25) is 9.78 Å². The topological polar surface area (TPSA) is 66.9 Å². The Morgan fingerprint density at radius 1 is 1.48 bits per heavy atom. The van der Waals surface area contributed by atoms with E-state index in [0.29, 0.717) is 5.69 Å². The van der Waals surface area contributed by atoms with Gasteiger partial charge in [0, 0.05) is 29.5 Å². The van der Waals surface area contributed by atoms with E-state index in [1.165, 1.54) is 0 Å². The summed E-state index contributed by atoms with van der Waals surface area (Å²) in [6.45, 7) is 6.84. The number of carbonyl (C=O) groups is 1. The molecule has 21 heavy (non-hydrogen) atoms. The first-order valence-electron chi connectivity index (χ1n) is 7.03. The Hall–Kier alpha value is -1.95. The first kappa shape index (κ1) is 15.4. The quantitative estimate of drug-likeness (QED) is 0.860. The van der Waals surface area contributed by atoms with Crippen molar-refractivity contribution in [1.82, 2.24) is 15.3 Å². The minimum atomic E-state index is -0.185. The van der Waals surface area contributed by atoms with Crippen molar-refractivity contribution in [3.05, 3.63) is 40.1 Å². The number of aryl methyl sites for hydroxylation is 1. The number of thiazole rings is 1. The van der Waals surface area contributed by atoms with Crippen molar-refractivity contribution in [3.63, 3.8) is 0 Å². The van der Waals surface area contributed by atoms with E-state index in [2.05, 4.69) is 27.5 Å². The normalized spacial score (nSPS) is 12.0. The number of anilines is 1. The standard InChI is InChI=1S/C15H20N4OS/c1-4-6-16-12-5-7-17-13(8-12)14(20)19-11(3)15-18-10(2)9-21-15/h5,7-9,11H,4,6H2,1-3H3,(H,16,17)(H,19,20). The molecule has 0 fully saturated rings. The largest absolute Gasteiger partial charge is 0.385 e. The summed E-state index contributed by atoms with van der Waals surface area (Å²) in [4.78, 5) is 20.8. The number of hydrogen-bond acceptors (Lipinski definition) is 5. The van der Waals surface area contributed by atoms with Crippen molar-refractivity contribution in [2.45, 2.75) is 33.2 Å². The highest BCUT2D eigenvalue weighted by Gasteiger charge is 2.15. The minimum Gasteiger partial charge on any atom is -0.385 e. The zero-order chi connectivity index (χ0) is 15.2. The number of pyridine rings is 1. The van der Waals surface area contributed by atoms with E-state index >= 15 is 0 Å². The molecule has 112 valence electrons. The lowest BCUT2D eigenvalue weighted by Gasteiger charge is -2.11. The van der Waals surface area contributed by atoms with Crippen molar-refractivity contribution in [3.8, 4) is 0 Å². The summed E-state index contributed by atoms with van der Waals surface area (Å²) in [5.41, 5.74) is 2.30. The van der Waals surface area contributed by atoms with E-state index in [1.54, 1.807) is 23.6 Å². The predicted molar refractivity (Wildman–Crippen MR) is 85.7 cm³/mol. The molecule has 2 heterocycles. The lowest BCUT2D eigenvalue weighted by Crippen LogP contribution is -2.27. The van der Waals surface area contributed by atoms with E-state index in [0.717, 1.165) is 29.4 Å². The monoisotopic (exact) mass is 304 g/mol. The number of aromatic nitrogens is 2. The summed E-state index contributed by atoms with van der Waals surface area (Å²) in [6, 6.07) is 3.51. The van der Waals surface area contributed by atoms with Crippen molar-refractivity contribution in [1.29, 1.82) is 0 Å². The van der Waals surface area contributed by atoms with Crippen molar-refractivity contribution >= 4 is 22.9 Å². The number of nitrogens with zero attached hydrogens (tertiary/aromatic N) is 2. The molecule has 0 saturated heterocycles. The predicted octanol–water partition coefficient (Wildman–Crippen LogP) is 3.16. The van der Waals surface area contributed by atoms with E-state index in [-0.39, 0.29) is 11.9 Å². The number of hydrogen-bond donors (Lipinski definition) is 2. The molecule has 1 amide bonds. The Morgan fingerprint density at radius 3 is 2.95 bits per heavy atom. The van der Waals surface area contributed by atoms with Gasteiger partial charge in [-0.05, 0) is 32.4 Å². The molecule has 0 aliphatic rings.